The fourth-order valence-corrected chi connectivity index (χ4v) is 2.52. The highest BCUT2D eigenvalue weighted by molar-refractivity contribution is 5.98. The normalized spacial score (nSPS) is 10.6. The van der Waals surface area contributed by atoms with Crippen molar-refractivity contribution in [2.24, 2.45) is 0 Å². The molecule has 1 amide bonds. The van der Waals surface area contributed by atoms with Gasteiger partial charge in [-0.3, -0.25) is 4.79 Å². The van der Waals surface area contributed by atoms with E-state index in [4.69, 9.17) is 4.74 Å². The second kappa shape index (κ2) is 6.04. The average molecular weight is 307 g/mol. The second-order valence-electron chi connectivity index (χ2n) is 5.15. The van der Waals surface area contributed by atoms with Gasteiger partial charge in [-0.1, -0.05) is 12.1 Å². The number of aryl methyl sites for hydroxylation is 1. The molecule has 3 rings (SSSR count). The lowest BCUT2D eigenvalue weighted by atomic mass is 10.0. The third kappa shape index (κ3) is 2.73. The summed E-state index contributed by atoms with van der Waals surface area (Å²) in [7, 11) is 3.22. The van der Waals surface area contributed by atoms with E-state index in [1.807, 2.05) is 43.3 Å². The molecule has 0 saturated carbocycles. The minimum absolute atomic E-state index is 0.210. The monoisotopic (exact) mass is 307 g/mol. The maximum atomic E-state index is 11.8. The van der Waals surface area contributed by atoms with Gasteiger partial charge >= 0.3 is 0 Å². The molecule has 0 spiro atoms. The van der Waals surface area contributed by atoms with Crippen LogP contribution in [-0.2, 0) is 0 Å². The van der Waals surface area contributed by atoms with Gasteiger partial charge in [0.2, 0.25) is 0 Å². The van der Waals surface area contributed by atoms with Crippen LogP contribution >= 0.6 is 0 Å². The van der Waals surface area contributed by atoms with E-state index < -0.39 is 0 Å². The largest absolute Gasteiger partial charge is 0.494 e. The number of benzene rings is 1. The Labute approximate surface area is 134 Å². The van der Waals surface area contributed by atoms with Gasteiger partial charge in [0.05, 0.1) is 12.8 Å². The lowest BCUT2D eigenvalue weighted by Crippen LogP contribution is -2.19. The van der Waals surface area contributed by atoms with Crippen molar-refractivity contribution in [3.8, 4) is 17.0 Å². The maximum absolute atomic E-state index is 11.8. The number of nitrogens with zero attached hydrogens (tertiary/aromatic N) is 2. The molecule has 1 aromatic carbocycles. The van der Waals surface area contributed by atoms with Crippen LogP contribution in [0.5, 0.6) is 5.75 Å². The van der Waals surface area contributed by atoms with Gasteiger partial charge in [-0.15, -0.1) is 0 Å². The molecular formula is C18H17N3O2. The Kier molecular flexibility index (Phi) is 3.93. The number of methoxy groups -OCH3 is 1. The van der Waals surface area contributed by atoms with Crippen molar-refractivity contribution < 1.29 is 9.53 Å². The van der Waals surface area contributed by atoms with Crippen LogP contribution in [0.3, 0.4) is 0 Å². The van der Waals surface area contributed by atoms with E-state index in [9.17, 15) is 4.79 Å². The molecule has 0 unspecified atom stereocenters. The van der Waals surface area contributed by atoms with Gasteiger partial charge in [0.15, 0.2) is 0 Å². The van der Waals surface area contributed by atoms with Crippen molar-refractivity contribution in [3.63, 3.8) is 0 Å². The molecule has 0 bridgehead atoms. The number of ether oxygens (including phenoxy) is 1. The van der Waals surface area contributed by atoms with E-state index in [1.54, 1.807) is 20.2 Å². The molecular weight excluding hydrogens is 290 g/mol. The fraction of sp³-hybridized carbons (Fsp3) is 0.167. The van der Waals surface area contributed by atoms with Crippen LogP contribution in [0.1, 0.15) is 16.2 Å². The first-order valence-electron chi connectivity index (χ1n) is 7.28. The van der Waals surface area contributed by atoms with Gasteiger partial charge < -0.3 is 10.1 Å². The van der Waals surface area contributed by atoms with E-state index in [2.05, 4.69) is 15.3 Å². The molecule has 0 atom stereocenters. The quantitative estimate of drug-likeness (QED) is 0.808. The van der Waals surface area contributed by atoms with Crippen molar-refractivity contribution >= 4 is 16.8 Å². The number of pyridine rings is 2. The molecule has 116 valence electrons. The van der Waals surface area contributed by atoms with Gasteiger partial charge in [0.25, 0.3) is 5.91 Å². The lowest BCUT2D eigenvalue weighted by Gasteiger charge is -2.11. The molecule has 0 radical (unpaired) electrons. The molecule has 3 aromatic rings. The Bertz CT molecular complexity index is 891. The summed E-state index contributed by atoms with van der Waals surface area (Å²) in [6.45, 7) is 1.94. The van der Waals surface area contributed by atoms with Gasteiger partial charge in [-0.25, -0.2) is 9.97 Å². The van der Waals surface area contributed by atoms with Crippen LogP contribution in [-0.4, -0.2) is 30.0 Å². The number of carbonyl (C=O) groups excluding carboxylic acids is 1. The molecule has 5 heteroatoms. The van der Waals surface area contributed by atoms with Crippen molar-refractivity contribution in [2.75, 3.05) is 14.2 Å². The molecule has 0 fully saturated rings. The smallest absolute Gasteiger partial charge is 0.269 e. The van der Waals surface area contributed by atoms with Gasteiger partial charge in [0, 0.05) is 23.7 Å². The predicted octanol–water partition coefficient (Wildman–Crippen LogP) is 2.97. The number of hydrogen-bond donors (Lipinski definition) is 1. The Morgan fingerprint density at radius 3 is 2.65 bits per heavy atom. The number of fused-ring (bicyclic) bond motifs is 1. The van der Waals surface area contributed by atoms with Crippen molar-refractivity contribution in [1.82, 2.24) is 15.3 Å². The third-order valence-corrected chi connectivity index (χ3v) is 3.66. The molecule has 2 aromatic heterocycles. The van der Waals surface area contributed by atoms with Crippen LogP contribution in [0.4, 0.5) is 0 Å². The van der Waals surface area contributed by atoms with Crippen molar-refractivity contribution in [2.45, 2.75) is 6.92 Å². The standard InChI is InChI=1S/C18H17N3O2/c1-11-7-8-13-12(9-10-16(23-3)17(13)20-11)14-5-4-6-15(21-14)18(22)19-2/h4-10H,1-3H3,(H,19,22). The molecule has 1 N–H and O–H groups in total. The number of nitrogens with one attached hydrogen (secondary N) is 1. The van der Waals surface area contributed by atoms with Crippen LogP contribution in [0.25, 0.3) is 22.2 Å². The third-order valence-electron chi connectivity index (χ3n) is 3.66. The summed E-state index contributed by atoms with van der Waals surface area (Å²) >= 11 is 0. The van der Waals surface area contributed by atoms with E-state index in [1.165, 1.54) is 0 Å². The highest BCUT2D eigenvalue weighted by Gasteiger charge is 2.12. The second-order valence-corrected chi connectivity index (χ2v) is 5.15. The van der Waals surface area contributed by atoms with Gasteiger partial charge in [-0.05, 0) is 37.3 Å². The fourth-order valence-electron chi connectivity index (χ4n) is 2.52. The summed E-state index contributed by atoms with van der Waals surface area (Å²) in [5.41, 5.74) is 3.73. The zero-order valence-electron chi connectivity index (χ0n) is 13.3. The average Bonchev–Trinajstić information content (AvgIpc) is 2.60. The number of hydrogen-bond acceptors (Lipinski definition) is 4. The number of carbonyl (C=O) groups is 1. The molecule has 2 heterocycles. The summed E-state index contributed by atoms with van der Waals surface area (Å²) in [5, 5.41) is 3.53. The van der Waals surface area contributed by atoms with Crippen LogP contribution in [0.2, 0.25) is 0 Å². The predicted molar refractivity (Wildman–Crippen MR) is 89.7 cm³/mol. The van der Waals surface area contributed by atoms with Crippen LogP contribution in [0, 0.1) is 6.92 Å². The molecule has 0 aliphatic rings. The zero-order chi connectivity index (χ0) is 16.4. The molecule has 5 nitrogen and oxygen atoms in total. The topological polar surface area (TPSA) is 64.1 Å². The molecule has 0 aliphatic carbocycles. The van der Waals surface area contributed by atoms with Gasteiger partial charge in [-0.2, -0.15) is 0 Å². The first-order valence-corrected chi connectivity index (χ1v) is 7.28. The SMILES string of the molecule is CNC(=O)c1cccc(-c2ccc(OC)c3nc(C)ccc23)n1. The van der Waals surface area contributed by atoms with E-state index >= 15 is 0 Å². The van der Waals surface area contributed by atoms with Crippen LogP contribution in [0.15, 0.2) is 42.5 Å². The Hall–Kier alpha value is -2.95. The minimum Gasteiger partial charge on any atom is -0.494 e. The molecule has 0 saturated heterocycles. The Balaban J connectivity index is 2.23. The minimum atomic E-state index is -0.210. The Morgan fingerprint density at radius 2 is 1.91 bits per heavy atom. The summed E-state index contributed by atoms with van der Waals surface area (Å²) in [4.78, 5) is 20.8. The number of aromatic nitrogens is 2. The van der Waals surface area contributed by atoms with E-state index in [0.29, 0.717) is 5.69 Å². The number of rotatable bonds is 3. The van der Waals surface area contributed by atoms with E-state index in [-0.39, 0.29) is 5.91 Å². The summed E-state index contributed by atoms with van der Waals surface area (Å²) in [6.07, 6.45) is 0. The van der Waals surface area contributed by atoms with Gasteiger partial charge in [0.1, 0.15) is 17.0 Å². The highest BCUT2D eigenvalue weighted by Crippen LogP contribution is 2.32. The first-order chi connectivity index (χ1) is 11.1. The van der Waals surface area contributed by atoms with Crippen LogP contribution < -0.4 is 10.1 Å². The number of amides is 1. The zero-order valence-corrected chi connectivity index (χ0v) is 13.3. The lowest BCUT2D eigenvalue weighted by molar-refractivity contribution is 0.0958. The van der Waals surface area contributed by atoms with Crippen molar-refractivity contribution in [3.05, 3.63) is 53.9 Å². The summed E-state index contributed by atoms with van der Waals surface area (Å²) < 4.78 is 5.41. The summed E-state index contributed by atoms with van der Waals surface area (Å²) in [5.74, 6) is 0.508. The highest BCUT2D eigenvalue weighted by atomic mass is 16.5. The molecule has 23 heavy (non-hydrogen) atoms. The maximum Gasteiger partial charge on any atom is 0.269 e. The first kappa shape index (κ1) is 15.0. The van der Waals surface area contributed by atoms with Crippen molar-refractivity contribution in [1.29, 1.82) is 0 Å². The summed E-state index contributed by atoms with van der Waals surface area (Å²) in [6, 6.07) is 13.2. The van der Waals surface area contributed by atoms with E-state index in [0.717, 1.165) is 33.6 Å². The molecule has 0 aliphatic heterocycles. The Morgan fingerprint density at radius 1 is 1.09 bits per heavy atom.